The number of pyridine rings is 1. The fraction of sp³-hybridized carbons (Fsp3) is 0.188. The number of benzene rings is 1. The Morgan fingerprint density at radius 1 is 1.10 bits per heavy atom. The number of anilines is 1. The van der Waals surface area contributed by atoms with E-state index in [-0.39, 0.29) is 0 Å². The standard InChI is InChI=1S/C16H16N4/c1-2-4-13-15(19-10-20-16(13)17)12-7-6-11-5-3-8-18-14(11)9-12/h3,5-10H,2,4H2,1H3,(H2,17,19,20). The van der Waals surface area contributed by atoms with Crippen LogP contribution in [-0.2, 0) is 6.42 Å². The van der Waals surface area contributed by atoms with Gasteiger partial charge in [-0.3, -0.25) is 4.98 Å². The van der Waals surface area contributed by atoms with Crippen LogP contribution >= 0.6 is 0 Å². The van der Waals surface area contributed by atoms with Crippen molar-refractivity contribution in [2.45, 2.75) is 19.8 Å². The molecule has 0 fully saturated rings. The van der Waals surface area contributed by atoms with Crippen LogP contribution in [0.3, 0.4) is 0 Å². The third-order valence-electron chi connectivity index (χ3n) is 3.36. The van der Waals surface area contributed by atoms with Crippen LogP contribution < -0.4 is 5.73 Å². The van der Waals surface area contributed by atoms with E-state index < -0.39 is 0 Å². The Labute approximate surface area is 117 Å². The molecule has 0 unspecified atom stereocenters. The second kappa shape index (κ2) is 5.25. The highest BCUT2D eigenvalue weighted by atomic mass is 14.9. The van der Waals surface area contributed by atoms with E-state index in [1.165, 1.54) is 6.33 Å². The number of hydrogen-bond donors (Lipinski definition) is 1. The largest absolute Gasteiger partial charge is 0.383 e. The first-order valence-electron chi connectivity index (χ1n) is 6.74. The zero-order valence-corrected chi connectivity index (χ0v) is 11.4. The lowest BCUT2D eigenvalue weighted by Crippen LogP contribution is -2.02. The molecule has 3 rings (SSSR count). The lowest BCUT2D eigenvalue weighted by molar-refractivity contribution is 0.908. The number of nitrogens with two attached hydrogens (primary N) is 1. The molecule has 0 saturated heterocycles. The van der Waals surface area contributed by atoms with Gasteiger partial charge in [-0.2, -0.15) is 0 Å². The van der Waals surface area contributed by atoms with Crippen LogP contribution in [-0.4, -0.2) is 15.0 Å². The van der Waals surface area contributed by atoms with Crippen molar-refractivity contribution in [2.24, 2.45) is 0 Å². The van der Waals surface area contributed by atoms with E-state index in [2.05, 4.69) is 40.1 Å². The molecule has 20 heavy (non-hydrogen) atoms. The predicted octanol–water partition coefficient (Wildman–Crippen LogP) is 3.23. The summed E-state index contributed by atoms with van der Waals surface area (Å²) in [5, 5.41) is 1.12. The van der Waals surface area contributed by atoms with Gasteiger partial charge < -0.3 is 5.73 Å². The van der Waals surface area contributed by atoms with Gasteiger partial charge in [0.2, 0.25) is 0 Å². The van der Waals surface area contributed by atoms with Crippen LogP contribution in [0, 0.1) is 0 Å². The summed E-state index contributed by atoms with van der Waals surface area (Å²) in [5.41, 5.74) is 9.92. The van der Waals surface area contributed by atoms with Gasteiger partial charge in [0.15, 0.2) is 0 Å². The molecule has 100 valence electrons. The Morgan fingerprint density at radius 2 is 2.00 bits per heavy atom. The van der Waals surface area contributed by atoms with Crippen molar-refractivity contribution in [1.29, 1.82) is 0 Å². The molecule has 0 atom stereocenters. The molecule has 0 bridgehead atoms. The first-order valence-corrected chi connectivity index (χ1v) is 6.74. The molecule has 0 spiro atoms. The smallest absolute Gasteiger partial charge is 0.130 e. The van der Waals surface area contributed by atoms with E-state index in [0.717, 1.165) is 40.6 Å². The molecular formula is C16H16N4. The molecule has 0 aliphatic carbocycles. The topological polar surface area (TPSA) is 64.7 Å². The molecular weight excluding hydrogens is 248 g/mol. The van der Waals surface area contributed by atoms with Gasteiger partial charge in [-0.1, -0.05) is 31.5 Å². The Hall–Kier alpha value is -2.49. The van der Waals surface area contributed by atoms with Gasteiger partial charge in [0.1, 0.15) is 12.1 Å². The number of hydrogen-bond acceptors (Lipinski definition) is 4. The minimum Gasteiger partial charge on any atom is -0.383 e. The minimum atomic E-state index is 0.568. The molecule has 4 heteroatoms. The van der Waals surface area contributed by atoms with Crippen molar-refractivity contribution in [3.05, 3.63) is 48.4 Å². The summed E-state index contributed by atoms with van der Waals surface area (Å²) in [6.45, 7) is 2.12. The summed E-state index contributed by atoms with van der Waals surface area (Å²) < 4.78 is 0. The van der Waals surface area contributed by atoms with Crippen LogP contribution in [0.2, 0.25) is 0 Å². The van der Waals surface area contributed by atoms with E-state index in [0.29, 0.717) is 5.82 Å². The summed E-state index contributed by atoms with van der Waals surface area (Å²) in [6.07, 6.45) is 5.21. The molecule has 0 aliphatic rings. The van der Waals surface area contributed by atoms with E-state index in [9.17, 15) is 0 Å². The highest BCUT2D eigenvalue weighted by molar-refractivity contribution is 5.84. The van der Waals surface area contributed by atoms with Crippen LogP contribution in [0.15, 0.2) is 42.9 Å². The Bertz CT molecular complexity index is 752. The summed E-state index contributed by atoms with van der Waals surface area (Å²) in [5.74, 6) is 0.568. The van der Waals surface area contributed by atoms with Gasteiger partial charge in [-0.15, -0.1) is 0 Å². The molecule has 0 saturated carbocycles. The molecule has 4 nitrogen and oxygen atoms in total. The molecule has 0 radical (unpaired) electrons. The van der Waals surface area contributed by atoms with Crippen LogP contribution in [0.1, 0.15) is 18.9 Å². The average molecular weight is 264 g/mol. The van der Waals surface area contributed by atoms with E-state index in [4.69, 9.17) is 5.73 Å². The molecule has 2 heterocycles. The summed E-state index contributed by atoms with van der Waals surface area (Å²) >= 11 is 0. The van der Waals surface area contributed by atoms with E-state index in [1.807, 2.05) is 12.1 Å². The number of fused-ring (bicyclic) bond motifs is 1. The van der Waals surface area contributed by atoms with Gasteiger partial charge >= 0.3 is 0 Å². The Morgan fingerprint density at radius 3 is 2.85 bits per heavy atom. The fourth-order valence-corrected chi connectivity index (χ4v) is 2.38. The van der Waals surface area contributed by atoms with Crippen molar-refractivity contribution in [3.8, 4) is 11.3 Å². The summed E-state index contributed by atoms with van der Waals surface area (Å²) in [7, 11) is 0. The quantitative estimate of drug-likeness (QED) is 0.788. The van der Waals surface area contributed by atoms with Gasteiger partial charge in [-0.25, -0.2) is 9.97 Å². The third kappa shape index (κ3) is 2.20. The molecule has 1 aromatic carbocycles. The zero-order valence-electron chi connectivity index (χ0n) is 11.4. The molecule has 0 amide bonds. The Kier molecular flexibility index (Phi) is 3.29. The minimum absolute atomic E-state index is 0.568. The summed E-state index contributed by atoms with van der Waals surface area (Å²) in [4.78, 5) is 12.9. The van der Waals surface area contributed by atoms with Gasteiger partial charge in [-0.05, 0) is 18.6 Å². The third-order valence-corrected chi connectivity index (χ3v) is 3.36. The van der Waals surface area contributed by atoms with Crippen molar-refractivity contribution < 1.29 is 0 Å². The van der Waals surface area contributed by atoms with Crippen molar-refractivity contribution >= 4 is 16.7 Å². The second-order valence-electron chi connectivity index (χ2n) is 4.75. The maximum Gasteiger partial charge on any atom is 0.130 e. The maximum absolute atomic E-state index is 5.99. The van der Waals surface area contributed by atoms with Crippen molar-refractivity contribution in [2.75, 3.05) is 5.73 Å². The highest BCUT2D eigenvalue weighted by Crippen LogP contribution is 2.27. The van der Waals surface area contributed by atoms with Crippen molar-refractivity contribution in [1.82, 2.24) is 15.0 Å². The Balaban J connectivity index is 2.17. The first kappa shape index (κ1) is 12.5. The van der Waals surface area contributed by atoms with Crippen molar-refractivity contribution in [3.63, 3.8) is 0 Å². The zero-order chi connectivity index (χ0) is 13.9. The molecule has 2 aromatic heterocycles. The lowest BCUT2D eigenvalue weighted by atomic mass is 10.0. The maximum atomic E-state index is 5.99. The van der Waals surface area contributed by atoms with Crippen LogP contribution in [0.25, 0.3) is 22.2 Å². The van der Waals surface area contributed by atoms with Crippen LogP contribution in [0.4, 0.5) is 5.82 Å². The SMILES string of the molecule is CCCc1c(N)ncnc1-c1ccc2cccnc2c1. The van der Waals surface area contributed by atoms with E-state index in [1.54, 1.807) is 6.20 Å². The van der Waals surface area contributed by atoms with E-state index >= 15 is 0 Å². The number of aromatic nitrogens is 3. The van der Waals surface area contributed by atoms with Gasteiger partial charge in [0.25, 0.3) is 0 Å². The molecule has 0 aliphatic heterocycles. The fourth-order valence-electron chi connectivity index (χ4n) is 2.38. The monoisotopic (exact) mass is 264 g/mol. The second-order valence-corrected chi connectivity index (χ2v) is 4.75. The number of rotatable bonds is 3. The highest BCUT2D eigenvalue weighted by Gasteiger charge is 2.11. The normalized spacial score (nSPS) is 10.8. The lowest BCUT2D eigenvalue weighted by Gasteiger charge is -2.10. The van der Waals surface area contributed by atoms with Gasteiger partial charge in [0, 0.05) is 22.7 Å². The first-order chi connectivity index (χ1) is 9.79. The predicted molar refractivity (Wildman–Crippen MR) is 81.2 cm³/mol. The number of nitrogens with zero attached hydrogens (tertiary/aromatic N) is 3. The molecule has 3 aromatic rings. The number of nitrogen functional groups attached to an aromatic ring is 1. The summed E-state index contributed by atoms with van der Waals surface area (Å²) in [6, 6.07) is 10.2. The molecule has 2 N–H and O–H groups in total. The average Bonchev–Trinajstić information content (AvgIpc) is 2.49. The van der Waals surface area contributed by atoms with Crippen LogP contribution in [0.5, 0.6) is 0 Å². The van der Waals surface area contributed by atoms with Gasteiger partial charge in [0.05, 0.1) is 11.2 Å².